The van der Waals surface area contributed by atoms with E-state index in [1.54, 1.807) is 6.92 Å². The van der Waals surface area contributed by atoms with Crippen LogP contribution in [-0.4, -0.2) is 17.0 Å². The maximum atomic E-state index is 10.2. The summed E-state index contributed by atoms with van der Waals surface area (Å²) in [6, 6.07) is 0. The molecular weight excluding hydrogens is 176 g/mol. The second-order valence-corrected chi connectivity index (χ2v) is 3.03. The van der Waals surface area contributed by atoms with Crippen molar-refractivity contribution in [3.05, 3.63) is 23.3 Å². The Kier molecular flexibility index (Phi) is 5.47. The standard InChI is InChI=1S/C9H13ClO2/c1-7(3-4-10)5-8(2)6-9(11)12/h5-6H,3-4H2,1-2H3,(H,11,12)/b7-5+,8-6-. The van der Waals surface area contributed by atoms with Gasteiger partial charge in [-0.2, -0.15) is 0 Å². The first-order valence-electron chi connectivity index (χ1n) is 3.70. The Balaban J connectivity index is 4.22. The molecule has 12 heavy (non-hydrogen) atoms. The Morgan fingerprint density at radius 2 is 2.00 bits per heavy atom. The maximum Gasteiger partial charge on any atom is 0.328 e. The highest BCUT2D eigenvalue weighted by atomic mass is 35.5. The molecule has 0 aliphatic heterocycles. The summed E-state index contributed by atoms with van der Waals surface area (Å²) in [6.45, 7) is 3.69. The van der Waals surface area contributed by atoms with E-state index < -0.39 is 5.97 Å². The van der Waals surface area contributed by atoms with Crippen molar-refractivity contribution < 1.29 is 9.90 Å². The lowest BCUT2D eigenvalue weighted by Gasteiger charge is -1.96. The first-order chi connectivity index (χ1) is 5.56. The van der Waals surface area contributed by atoms with E-state index in [0.29, 0.717) is 5.88 Å². The van der Waals surface area contributed by atoms with Gasteiger partial charge in [0.15, 0.2) is 0 Å². The number of hydrogen-bond acceptors (Lipinski definition) is 1. The number of carbonyl (C=O) groups is 1. The molecule has 0 spiro atoms. The minimum atomic E-state index is -0.914. The molecule has 0 heterocycles. The van der Waals surface area contributed by atoms with Crippen LogP contribution in [0.1, 0.15) is 20.3 Å². The predicted molar refractivity (Wildman–Crippen MR) is 50.5 cm³/mol. The monoisotopic (exact) mass is 188 g/mol. The van der Waals surface area contributed by atoms with Gasteiger partial charge in [0.25, 0.3) is 0 Å². The minimum absolute atomic E-state index is 0.572. The number of alkyl halides is 1. The molecule has 68 valence electrons. The molecule has 0 radical (unpaired) electrons. The van der Waals surface area contributed by atoms with Gasteiger partial charge in [0.1, 0.15) is 0 Å². The Morgan fingerprint density at radius 3 is 2.42 bits per heavy atom. The molecule has 0 bridgehead atoms. The summed E-state index contributed by atoms with van der Waals surface area (Å²) in [5.74, 6) is -0.342. The van der Waals surface area contributed by atoms with Crippen LogP contribution in [0.25, 0.3) is 0 Å². The number of rotatable bonds is 4. The van der Waals surface area contributed by atoms with E-state index in [-0.39, 0.29) is 0 Å². The van der Waals surface area contributed by atoms with Gasteiger partial charge in [-0.3, -0.25) is 0 Å². The lowest BCUT2D eigenvalue weighted by Crippen LogP contribution is -1.89. The van der Waals surface area contributed by atoms with Gasteiger partial charge in [-0.25, -0.2) is 4.79 Å². The number of halogens is 1. The summed E-state index contributed by atoms with van der Waals surface area (Å²) < 4.78 is 0. The van der Waals surface area contributed by atoms with Crippen LogP contribution in [0.2, 0.25) is 0 Å². The summed E-state index contributed by atoms with van der Waals surface area (Å²) in [5.41, 5.74) is 1.84. The molecule has 0 amide bonds. The SMILES string of the molecule is CC(=C/C(=O)O)/C=C(\C)CCCl. The molecule has 0 fully saturated rings. The van der Waals surface area contributed by atoms with Crippen LogP contribution in [-0.2, 0) is 4.79 Å². The summed E-state index contributed by atoms with van der Waals surface area (Å²) in [5, 5.41) is 8.39. The maximum absolute atomic E-state index is 10.2. The number of aliphatic carboxylic acids is 1. The normalized spacial score (nSPS) is 13.2. The van der Waals surface area contributed by atoms with E-state index in [4.69, 9.17) is 16.7 Å². The van der Waals surface area contributed by atoms with Crippen molar-refractivity contribution >= 4 is 17.6 Å². The fourth-order valence-electron chi connectivity index (χ4n) is 0.846. The Labute approximate surface area is 77.5 Å². The molecule has 1 N–H and O–H groups in total. The van der Waals surface area contributed by atoms with Gasteiger partial charge in [0.05, 0.1) is 0 Å². The van der Waals surface area contributed by atoms with E-state index in [2.05, 4.69) is 0 Å². The van der Waals surface area contributed by atoms with Crippen LogP contribution in [0, 0.1) is 0 Å². The zero-order valence-electron chi connectivity index (χ0n) is 7.30. The van der Waals surface area contributed by atoms with E-state index in [0.717, 1.165) is 17.6 Å². The van der Waals surface area contributed by atoms with Crippen LogP contribution in [0.3, 0.4) is 0 Å². The lowest BCUT2D eigenvalue weighted by molar-refractivity contribution is -0.131. The smallest absolute Gasteiger partial charge is 0.328 e. The molecule has 2 nitrogen and oxygen atoms in total. The van der Waals surface area contributed by atoms with Crippen LogP contribution >= 0.6 is 11.6 Å². The molecule has 0 aromatic rings. The second-order valence-electron chi connectivity index (χ2n) is 2.66. The highest BCUT2D eigenvalue weighted by molar-refractivity contribution is 6.17. The van der Waals surface area contributed by atoms with E-state index in [1.165, 1.54) is 6.08 Å². The van der Waals surface area contributed by atoms with Crippen LogP contribution in [0.4, 0.5) is 0 Å². The van der Waals surface area contributed by atoms with Gasteiger partial charge in [0, 0.05) is 12.0 Å². The van der Waals surface area contributed by atoms with E-state index in [9.17, 15) is 4.79 Å². The first-order valence-corrected chi connectivity index (χ1v) is 4.24. The molecule has 0 saturated carbocycles. The number of allylic oxidation sites excluding steroid dienone is 3. The van der Waals surface area contributed by atoms with Crippen molar-refractivity contribution in [3.8, 4) is 0 Å². The van der Waals surface area contributed by atoms with Gasteiger partial charge >= 0.3 is 5.97 Å². The third-order valence-electron chi connectivity index (χ3n) is 1.31. The molecular formula is C9H13ClO2. The highest BCUT2D eigenvalue weighted by Gasteiger charge is 1.92. The van der Waals surface area contributed by atoms with E-state index >= 15 is 0 Å². The summed E-state index contributed by atoms with van der Waals surface area (Å²) >= 11 is 5.51. The average Bonchev–Trinajstić information content (AvgIpc) is 1.84. The number of carboxylic acid groups (broad SMARTS) is 1. The van der Waals surface area contributed by atoms with Gasteiger partial charge in [-0.15, -0.1) is 11.6 Å². The zero-order chi connectivity index (χ0) is 9.56. The summed E-state index contributed by atoms with van der Waals surface area (Å²) in [7, 11) is 0. The van der Waals surface area contributed by atoms with E-state index in [1.807, 2.05) is 13.0 Å². The fraction of sp³-hybridized carbons (Fsp3) is 0.444. The Bertz CT molecular complexity index is 217. The number of hydrogen-bond donors (Lipinski definition) is 1. The highest BCUT2D eigenvalue weighted by Crippen LogP contribution is 2.06. The number of carboxylic acids is 1. The average molecular weight is 189 g/mol. The lowest BCUT2D eigenvalue weighted by atomic mass is 10.1. The Morgan fingerprint density at radius 1 is 1.42 bits per heavy atom. The third-order valence-corrected chi connectivity index (χ3v) is 1.50. The molecule has 0 rings (SSSR count). The van der Waals surface area contributed by atoms with Gasteiger partial charge in [0.2, 0.25) is 0 Å². The van der Waals surface area contributed by atoms with Crippen molar-refractivity contribution in [2.75, 3.05) is 5.88 Å². The van der Waals surface area contributed by atoms with Gasteiger partial charge in [-0.05, 0) is 25.8 Å². The molecule has 0 atom stereocenters. The fourth-order valence-corrected chi connectivity index (χ4v) is 1.14. The molecule has 0 unspecified atom stereocenters. The van der Waals surface area contributed by atoms with Crippen molar-refractivity contribution in [2.24, 2.45) is 0 Å². The van der Waals surface area contributed by atoms with Crippen LogP contribution < -0.4 is 0 Å². The summed E-state index contributed by atoms with van der Waals surface area (Å²) in [4.78, 5) is 10.2. The van der Waals surface area contributed by atoms with Crippen LogP contribution in [0.5, 0.6) is 0 Å². The molecule has 0 aromatic carbocycles. The van der Waals surface area contributed by atoms with Crippen molar-refractivity contribution in [2.45, 2.75) is 20.3 Å². The quantitative estimate of drug-likeness (QED) is 0.418. The predicted octanol–water partition coefficient (Wildman–Crippen LogP) is 2.59. The van der Waals surface area contributed by atoms with Crippen molar-refractivity contribution in [1.29, 1.82) is 0 Å². The van der Waals surface area contributed by atoms with Crippen molar-refractivity contribution in [3.63, 3.8) is 0 Å². The minimum Gasteiger partial charge on any atom is -0.478 e. The first kappa shape index (κ1) is 11.2. The summed E-state index contributed by atoms with van der Waals surface area (Å²) in [6.07, 6.45) is 3.81. The molecule has 0 aromatic heterocycles. The Hall–Kier alpha value is -0.760. The largest absolute Gasteiger partial charge is 0.478 e. The zero-order valence-corrected chi connectivity index (χ0v) is 8.06. The molecule has 0 aliphatic rings. The third kappa shape index (κ3) is 5.98. The second kappa shape index (κ2) is 5.84. The molecule has 3 heteroatoms. The van der Waals surface area contributed by atoms with Crippen molar-refractivity contribution in [1.82, 2.24) is 0 Å². The topological polar surface area (TPSA) is 37.3 Å². The van der Waals surface area contributed by atoms with Gasteiger partial charge < -0.3 is 5.11 Å². The van der Waals surface area contributed by atoms with Gasteiger partial charge in [-0.1, -0.05) is 11.6 Å². The molecule has 0 aliphatic carbocycles. The molecule has 0 saturated heterocycles. The van der Waals surface area contributed by atoms with Crippen LogP contribution in [0.15, 0.2) is 23.3 Å².